The van der Waals surface area contributed by atoms with Gasteiger partial charge in [-0.05, 0) is 49.7 Å². The molecule has 168 valence electrons. The second-order valence-corrected chi connectivity index (χ2v) is 7.49. The third-order valence-electron chi connectivity index (χ3n) is 5.01. The van der Waals surface area contributed by atoms with Crippen molar-refractivity contribution in [3.05, 3.63) is 105 Å². The van der Waals surface area contributed by atoms with Crippen LogP contribution in [0.2, 0.25) is 0 Å². The monoisotopic (exact) mass is 444 g/mol. The normalized spacial score (nSPS) is 11.5. The summed E-state index contributed by atoms with van der Waals surface area (Å²) in [6.07, 6.45) is 1.57. The number of benzene rings is 2. The number of aryl methyl sites for hydroxylation is 1. The van der Waals surface area contributed by atoms with Crippen LogP contribution >= 0.6 is 0 Å². The Morgan fingerprint density at radius 3 is 2.42 bits per heavy atom. The fourth-order valence-corrected chi connectivity index (χ4v) is 3.25. The van der Waals surface area contributed by atoms with E-state index in [1.807, 2.05) is 31.2 Å². The summed E-state index contributed by atoms with van der Waals surface area (Å²) in [6.45, 7) is 4.28. The van der Waals surface area contributed by atoms with E-state index in [0.29, 0.717) is 23.0 Å². The van der Waals surface area contributed by atoms with Crippen LogP contribution in [0.1, 0.15) is 18.1 Å². The van der Waals surface area contributed by atoms with Gasteiger partial charge in [-0.2, -0.15) is 0 Å². The Hall–Kier alpha value is -4.40. The summed E-state index contributed by atoms with van der Waals surface area (Å²) >= 11 is 0. The molecule has 0 unspecified atom stereocenters. The van der Waals surface area contributed by atoms with Crippen molar-refractivity contribution in [2.45, 2.75) is 26.9 Å². The molecule has 0 aliphatic rings. The molecule has 0 saturated heterocycles. The van der Waals surface area contributed by atoms with Crippen molar-refractivity contribution >= 4 is 11.4 Å². The van der Waals surface area contributed by atoms with Crippen molar-refractivity contribution in [2.24, 2.45) is 4.99 Å². The van der Waals surface area contributed by atoms with E-state index in [-0.39, 0.29) is 18.7 Å². The quantitative estimate of drug-likeness (QED) is 0.474. The SMILES string of the molecule is CCn1c(=O)[nH]/c(=N\c2ccc(Oc3cc(N)ccn3)cc2)n(Cc2ccc(C)cc2)c1=O. The van der Waals surface area contributed by atoms with Crippen molar-refractivity contribution < 1.29 is 4.74 Å². The minimum atomic E-state index is -0.505. The van der Waals surface area contributed by atoms with E-state index < -0.39 is 11.4 Å². The van der Waals surface area contributed by atoms with Gasteiger partial charge in [-0.3, -0.25) is 9.55 Å². The number of nitrogen functional groups attached to an aromatic ring is 1. The molecule has 4 rings (SSSR count). The second-order valence-electron chi connectivity index (χ2n) is 7.49. The highest BCUT2D eigenvalue weighted by Crippen LogP contribution is 2.23. The first-order valence-corrected chi connectivity index (χ1v) is 10.5. The molecule has 0 atom stereocenters. The first-order chi connectivity index (χ1) is 15.9. The molecule has 0 bridgehead atoms. The molecular formula is C24H24N6O3. The molecule has 9 heteroatoms. The fourth-order valence-electron chi connectivity index (χ4n) is 3.25. The van der Waals surface area contributed by atoms with Crippen LogP contribution in [0.15, 0.2) is 81.4 Å². The lowest BCUT2D eigenvalue weighted by atomic mass is 10.1. The van der Waals surface area contributed by atoms with Gasteiger partial charge < -0.3 is 10.5 Å². The number of nitrogens with two attached hydrogens (primary N) is 1. The standard InChI is InChI=1S/C24H24N6O3/c1-3-29-23(31)28-22(30(24(29)32)15-17-6-4-16(2)5-7-17)27-19-8-10-20(11-9-19)33-21-14-18(25)12-13-26-21/h4-14H,3,15H2,1-2H3,(H2,25,26)(H,27,28,31). The Kier molecular flexibility index (Phi) is 6.21. The van der Waals surface area contributed by atoms with Crippen LogP contribution in [0.3, 0.4) is 0 Å². The third kappa shape index (κ3) is 5.09. The van der Waals surface area contributed by atoms with Crippen molar-refractivity contribution in [2.75, 3.05) is 5.73 Å². The number of anilines is 1. The average molecular weight is 444 g/mol. The van der Waals surface area contributed by atoms with Crippen LogP contribution in [-0.2, 0) is 13.1 Å². The van der Waals surface area contributed by atoms with E-state index in [4.69, 9.17) is 10.5 Å². The van der Waals surface area contributed by atoms with Crippen molar-refractivity contribution in [1.82, 2.24) is 19.1 Å². The smallest absolute Gasteiger partial charge is 0.335 e. The van der Waals surface area contributed by atoms with E-state index in [1.54, 1.807) is 49.5 Å². The van der Waals surface area contributed by atoms with Gasteiger partial charge in [0.25, 0.3) is 0 Å². The van der Waals surface area contributed by atoms with E-state index in [1.165, 1.54) is 4.57 Å². The van der Waals surface area contributed by atoms with Gasteiger partial charge >= 0.3 is 11.4 Å². The summed E-state index contributed by atoms with van der Waals surface area (Å²) in [5.74, 6) is 0.928. The highest BCUT2D eigenvalue weighted by atomic mass is 16.5. The molecule has 0 aliphatic heterocycles. The summed E-state index contributed by atoms with van der Waals surface area (Å²) < 4.78 is 8.29. The van der Waals surface area contributed by atoms with Crippen LogP contribution in [0.25, 0.3) is 0 Å². The topological polar surface area (TPSA) is 120 Å². The number of nitrogens with zero attached hydrogens (tertiary/aromatic N) is 4. The molecule has 0 radical (unpaired) electrons. The minimum absolute atomic E-state index is 0.168. The van der Waals surface area contributed by atoms with Gasteiger partial charge in [0, 0.05) is 24.5 Å². The maximum absolute atomic E-state index is 13.0. The van der Waals surface area contributed by atoms with E-state index >= 15 is 0 Å². The Morgan fingerprint density at radius 1 is 1.03 bits per heavy atom. The van der Waals surface area contributed by atoms with Gasteiger partial charge in [-0.15, -0.1) is 0 Å². The van der Waals surface area contributed by atoms with E-state index in [9.17, 15) is 9.59 Å². The van der Waals surface area contributed by atoms with Crippen LogP contribution < -0.4 is 27.5 Å². The van der Waals surface area contributed by atoms with Gasteiger partial charge in [0.1, 0.15) is 5.75 Å². The van der Waals surface area contributed by atoms with E-state index in [0.717, 1.165) is 15.7 Å². The van der Waals surface area contributed by atoms with Gasteiger partial charge in [-0.25, -0.2) is 24.1 Å². The molecule has 0 fully saturated rings. The van der Waals surface area contributed by atoms with Crippen molar-refractivity contribution in [3.8, 4) is 11.6 Å². The zero-order valence-electron chi connectivity index (χ0n) is 18.4. The second kappa shape index (κ2) is 9.39. The van der Waals surface area contributed by atoms with Crippen molar-refractivity contribution in [3.63, 3.8) is 0 Å². The maximum Gasteiger partial charge on any atom is 0.335 e. The minimum Gasteiger partial charge on any atom is -0.439 e. The molecule has 2 heterocycles. The predicted molar refractivity (Wildman–Crippen MR) is 126 cm³/mol. The number of aromatic nitrogens is 4. The highest BCUT2D eigenvalue weighted by molar-refractivity contribution is 5.44. The molecule has 0 amide bonds. The number of nitrogens with one attached hydrogen (secondary N) is 1. The number of pyridine rings is 1. The summed E-state index contributed by atoms with van der Waals surface area (Å²) in [7, 11) is 0. The molecule has 2 aromatic carbocycles. The molecule has 0 aliphatic carbocycles. The average Bonchev–Trinajstić information content (AvgIpc) is 2.79. The molecular weight excluding hydrogens is 420 g/mol. The number of hydrogen-bond donors (Lipinski definition) is 2. The predicted octanol–water partition coefficient (Wildman–Crippen LogP) is 2.72. The summed E-state index contributed by atoms with van der Waals surface area (Å²) in [5, 5.41) is 0. The Labute approximate surface area is 189 Å². The maximum atomic E-state index is 13.0. The molecule has 0 saturated carbocycles. The number of H-pyrrole nitrogens is 1. The van der Waals surface area contributed by atoms with Crippen LogP contribution in [0.5, 0.6) is 11.6 Å². The molecule has 3 N–H and O–H groups in total. The lowest BCUT2D eigenvalue weighted by Crippen LogP contribution is -2.49. The number of ether oxygens (including phenoxy) is 1. The molecule has 33 heavy (non-hydrogen) atoms. The van der Waals surface area contributed by atoms with Crippen molar-refractivity contribution in [1.29, 1.82) is 0 Å². The van der Waals surface area contributed by atoms with Crippen LogP contribution in [-0.4, -0.2) is 19.1 Å². The Balaban J connectivity index is 1.71. The zero-order valence-corrected chi connectivity index (χ0v) is 18.4. The van der Waals surface area contributed by atoms with Gasteiger partial charge in [0.15, 0.2) is 0 Å². The largest absolute Gasteiger partial charge is 0.439 e. The lowest BCUT2D eigenvalue weighted by Gasteiger charge is -2.10. The van der Waals surface area contributed by atoms with Gasteiger partial charge in [0.2, 0.25) is 11.5 Å². The highest BCUT2D eigenvalue weighted by Gasteiger charge is 2.09. The molecule has 4 aromatic rings. The Bertz CT molecular complexity index is 1450. The van der Waals surface area contributed by atoms with Gasteiger partial charge in [0.05, 0.1) is 12.2 Å². The lowest BCUT2D eigenvalue weighted by molar-refractivity contribution is 0.463. The third-order valence-corrected chi connectivity index (χ3v) is 5.01. The number of rotatable bonds is 6. The van der Waals surface area contributed by atoms with E-state index in [2.05, 4.69) is 15.0 Å². The summed E-state index contributed by atoms with van der Waals surface area (Å²) in [5.41, 5.74) is 8.13. The summed E-state index contributed by atoms with van der Waals surface area (Å²) in [6, 6.07) is 18.0. The first-order valence-electron chi connectivity index (χ1n) is 10.5. The molecule has 0 spiro atoms. The van der Waals surface area contributed by atoms with Gasteiger partial charge in [-0.1, -0.05) is 29.8 Å². The number of aromatic amines is 1. The van der Waals surface area contributed by atoms with Crippen LogP contribution in [0, 0.1) is 6.92 Å². The molecule has 2 aromatic heterocycles. The fraction of sp³-hybridized carbons (Fsp3) is 0.167. The molecule has 9 nitrogen and oxygen atoms in total. The number of hydrogen-bond acceptors (Lipinski definition) is 6. The summed E-state index contributed by atoms with van der Waals surface area (Å²) in [4.78, 5) is 36.8. The van der Waals surface area contributed by atoms with Crippen LogP contribution in [0.4, 0.5) is 11.4 Å². The Morgan fingerprint density at radius 2 is 1.76 bits per heavy atom. The first kappa shape index (κ1) is 21.8. The zero-order chi connectivity index (χ0) is 23.4.